The standard InChI is InChI=1S/C20H14N4O4/c1-23-14-8-4-3-7-12(14)18-17(20(23)25)16(13(10-21)19(22)28-18)11-6-2-5-9-15(11)24(26)27/h2-9,16H,22H2,1H3. The summed E-state index contributed by atoms with van der Waals surface area (Å²) in [5.74, 6) is -0.950. The van der Waals surface area contributed by atoms with Gasteiger partial charge in [-0.15, -0.1) is 0 Å². The zero-order valence-electron chi connectivity index (χ0n) is 14.7. The van der Waals surface area contributed by atoms with Crippen LogP contribution in [0.2, 0.25) is 0 Å². The molecule has 0 saturated heterocycles. The lowest BCUT2D eigenvalue weighted by atomic mass is 9.82. The van der Waals surface area contributed by atoms with Gasteiger partial charge in [-0.3, -0.25) is 14.9 Å². The van der Waals surface area contributed by atoms with Crippen molar-refractivity contribution in [3.8, 4) is 11.8 Å². The second-order valence-corrected chi connectivity index (χ2v) is 6.36. The van der Waals surface area contributed by atoms with Crippen LogP contribution >= 0.6 is 0 Å². The summed E-state index contributed by atoms with van der Waals surface area (Å²) in [6.07, 6.45) is 0. The number of ether oxygens (including phenoxy) is 1. The summed E-state index contributed by atoms with van der Waals surface area (Å²) in [4.78, 5) is 24.2. The summed E-state index contributed by atoms with van der Waals surface area (Å²) in [5, 5.41) is 21.9. The van der Waals surface area contributed by atoms with Crippen LogP contribution in [0.3, 0.4) is 0 Å². The summed E-state index contributed by atoms with van der Waals surface area (Å²) in [6.45, 7) is 0. The average Bonchev–Trinajstić information content (AvgIpc) is 2.71. The smallest absolute Gasteiger partial charge is 0.273 e. The Morgan fingerprint density at radius 1 is 1.21 bits per heavy atom. The van der Waals surface area contributed by atoms with Crippen molar-refractivity contribution in [2.75, 3.05) is 0 Å². The second-order valence-electron chi connectivity index (χ2n) is 6.36. The SMILES string of the molecule is Cn1c(=O)c2c(c3ccccc31)OC(N)=C(C#N)C2c1ccccc1[N+](=O)[O-]. The van der Waals surface area contributed by atoms with E-state index in [9.17, 15) is 20.2 Å². The molecule has 2 heterocycles. The first-order valence-corrected chi connectivity index (χ1v) is 8.38. The van der Waals surface area contributed by atoms with Gasteiger partial charge in [0.2, 0.25) is 5.88 Å². The van der Waals surface area contributed by atoms with Crippen molar-refractivity contribution in [2.24, 2.45) is 12.8 Å². The van der Waals surface area contributed by atoms with Crippen LogP contribution in [0, 0.1) is 21.4 Å². The summed E-state index contributed by atoms with van der Waals surface area (Å²) >= 11 is 0. The number of nitrogens with two attached hydrogens (primary N) is 1. The van der Waals surface area contributed by atoms with Crippen LogP contribution < -0.4 is 16.0 Å². The van der Waals surface area contributed by atoms with E-state index in [-0.39, 0.29) is 34.0 Å². The summed E-state index contributed by atoms with van der Waals surface area (Å²) in [6, 6.07) is 15.1. The van der Waals surface area contributed by atoms with Gasteiger partial charge in [0.15, 0.2) is 0 Å². The molecule has 0 radical (unpaired) electrons. The highest BCUT2D eigenvalue weighted by Crippen LogP contribution is 2.45. The normalized spacial score (nSPS) is 15.6. The topological polar surface area (TPSA) is 124 Å². The van der Waals surface area contributed by atoms with E-state index in [0.29, 0.717) is 10.9 Å². The maximum Gasteiger partial charge on any atom is 0.273 e. The number of allylic oxidation sites excluding steroid dienone is 1. The maximum atomic E-state index is 13.2. The van der Waals surface area contributed by atoms with Crippen molar-refractivity contribution in [3.63, 3.8) is 0 Å². The van der Waals surface area contributed by atoms with Crippen LogP contribution in [0.4, 0.5) is 5.69 Å². The van der Waals surface area contributed by atoms with Crippen LogP contribution in [0.25, 0.3) is 10.9 Å². The van der Waals surface area contributed by atoms with E-state index in [2.05, 4.69) is 0 Å². The minimum Gasteiger partial charge on any atom is -0.439 e. The molecule has 0 aliphatic carbocycles. The van der Waals surface area contributed by atoms with E-state index in [1.165, 1.54) is 22.8 Å². The largest absolute Gasteiger partial charge is 0.439 e. The lowest BCUT2D eigenvalue weighted by molar-refractivity contribution is -0.385. The van der Waals surface area contributed by atoms with Crippen molar-refractivity contribution in [2.45, 2.75) is 5.92 Å². The zero-order valence-corrected chi connectivity index (χ0v) is 14.7. The predicted molar refractivity (Wildman–Crippen MR) is 102 cm³/mol. The number of aryl methyl sites for hydroxylation is 1. The van der Waals surface area contributed by atoms with Gasteiger partial charge in [-0.2, -0.15) is 5.26 Å². The van der Waals surface area contributed by atoms with Gasteiger partial charge in [-0.25, -0.2) is 0 Å². The van der Waals surface area contributed by atoms with Crippen molar-refractivity contribution in [1.29, 1.82) is 5.26 Å². The van der Waals surface area contributed by atoms with Gasteiger partial charge in [0.1, 0.15) is 17.4 Å². The van der Waals surface area contributed by atoms with E-state index < -0.39 is 16.4 Å². The number of hydrogen-bond donors (Lipinski definition) is 1. The first-order chi connectivity index (χ1) is 13.5. The molecule has 2 N–H and O–H groups in total. The number of pyridine rings is 1. The number of benzene rings is 2. The van der Waals surface area contributed by atoms with Gasteiger partial charge in [0.05, 0.1) is 21.9 Å². The number of hydrogen-bond acceptors (Lipinski definition) is 6. The molecule has 1 unspecified atom stereocenters. The number of fused-ring (bicyclic) bond motifs is 3. The highest BCUT2D eigenvalue weighted by atomic mass is 16.6. The van der Waals surface area contributed by atoms with Gasteiger partial charge in [-0.05, 0) is 12.1 Å². The minimum atomic E-state index is -1.00. The highest BCUT2D eigenvalue weighted by molar-refractivity contribution is 5.88. The monoisotopic (exact) mass is 374 g/mol. The summed E-state index contributed by atoms with van der Waals surface area (Å²) in [7, 11) is 1.61. The van der Waals surface area contributed by atoms with Crippen LogP contribution in [-0.2, 0) is 7.05 Å². The third kappa shape index (κ3) is 2.34. The number of para-hydroxylation sites is 2. The van der Waals surface area contributed by atoms with Crippen molar-refractivity contribution < 1.29 is 9.66 Å². The van der Waals surface area contributed by atoms with Crippen LogP contribution in [-0.4, -0.2) is 9.49 Å². The number of nitro benzene ring substituents is 1. The average molecular weight is 374 g/mol. The molecule has 1 aromatic heterocycles. The fourth-order valence-corrected chi connectivity index (χ4v) is 3.64. The van der Waals surface area contributed by atoms with Crippen molar-refractivity contribution >= 4 is 16.6 Å². The Labute approximate surface area is 158 Å². The molecule has 0 amide bonds. The molecule has 28 heavy (non-hydrogen) atoms. The Kier molecular flexibility index (Phi) is 3.86. The molecule has 138 valence electrons. The molecular weight excluding hydrogens is 360 g/mol. The quantitative estimate of drug-likeness (QED) is 0.543. The minimum absolute atomic E-state index is 0.0332. The third-order valence-electron chi connectivity index (χ3n) is 4.91. The number of nitrogens with zero attached hydrogens (tertiary/aromatic N) is 3. The number of nitro groups is 1. The molecule has 0 bridgehead atoms. The highest BCUT2D eigenvalue weighted by Gasteiger charge is 2.38. The fourth-order valence-electron chi connectivity index (χ4n) is 3.64. The van der Waals surface area contributed by atoms with E-state index in [1.54, 1.807) is 37.4 Å². The maximum absolute atomic E-state index is 13.2. The molecule has 1 atom stereocenters. The Balaban J connectivity index is 2.16. The predicted octanol–water partition coefficient (Wildman–Crippen LogP) is 2.66. The first-order valence-electron chi connectivity index (χ1n) is 8.38. The summed E-state index contributed by atoms with van der Waals surface area (Å²) in [5.41, 5.74) is 6.35. The number of aromatic nitrogens is 1. The third-order valence-corrected chi connectivity index (χ3v) is 4.91. The van der Waals surface area contributed by atoms with E-state index in [1.807, 2.05) is 6.07 Å². The molecule has 0 saturated carbocycles. The van der Waals surface area contributed by atoms with E-state index in [4.69, 9.17) is 10.5 Å². The van der Waals surface area contributed by atoms with Crippen molar-refractivity contribution in [1.82, 2.24) is 4.57 Å². The molecule has 2 aromatic carbocycles. The van der Waals surface area contributed by atoms with Gasteiger partial charge in [0, 0.05) is 24.1 Å². The lowest BCUT2D eigenvalue weighted by Crippen LogP contribution is -2.31. The Hall–Kier alpha value is -4.12. The Morgan fingerprint density at radius 2 is 1.89 bits per heavy atom. The fraction of sp³-hybridized carbons (Fsp3) is 0.100. The van der Waals surface area contributed by atoms with Crippen LogP contribution in [0.15, 0.2) is 64.8 Å². The van der Waals surface area contributed by atoms with Gasteiger partial charge in [0.25, 0.3) is 11.2 Å². The molecule has 0 spiro atoms. The zero-order chi connectivity index (χ0) is 20.0. The molecule has 1 aliphatic rings. The van der Waals surface area contributed by atoms with E-state index >= 15 is 0 Å². The second kappa shape index (κ2) is 6.25. The molecule has 8 nitrogen and oxygen atoms in total. The first kappa shape index (κ1) is 17.3. The Morgan fingerprint density at radius 3 is 2.61 bits per heavy atom. The van der Waals surface area contributed by atoms with Crippen LogP contribution in [0.5, 0.6) is 5.75 Å². The molecule has 3 aromatic rings. The molecule has 4 rings (SSSR count). The molecule has 8 heteroatoms. The number of rotatable bonds is 2. The number of nitriles is 1. The molecule has 0 fully saturated rings. The Bertz CT molecular complexity index is 1280. The van der Waals surface area contributed by atoms with Crippen molar-refractivity contribution in [3.05, 3.63) is 91.6 Å². The van der Waals surface area contributed by atoms with Gasteiger partial charge < -0.3 is 15.0 Å². The molecular formula is C20H14N4O4. The van der Waals surface area contributed by atoms with Crippen LogP contribution in [0.1, 0.15) is 17.0 Å². The lowest BCUT2D eigenvalue weighted by Gasteiger charge is -2.27. The van der Waals surface area contributed by atoms with E-state index in [0.717, 1.165) is 0 Å². The molecule has 1 aliphatic heterocycles. The van der Waals surface area contributed by atoms with Gasteiger partial charge in [-0.1, -0.05) is 30.3 Å². The van der Waals surface area contributed by atoms with Gasteiger partial charge >= 0.3 is 0 Å². The summed E-state index contributed by atoms with van der Waals surface area (Å²) < 4.78 is 7.13.